The van der Waals surface area contributed by atoms with Gasteiger partial charge in [0, 0.05) is 31.0 Å². The number of rotatable bonds is 19. The third-order valence-electron chi connectivity index (χ3n) is 6.32. The lowest BCUT2D eigenvalue weighted by Crippen LogP contribution is -2.00. The van der Waals surface area contributed by atoms with Gasteiger partial charge in [-0.25, -0.2) is 4.98 Å². The molecule has 0 amide bonds. The van der Waals surface area contributed by atoms with Gasteiger partial charge < -0.3 is 9.47 Å². The molecule has 2 heterocycles. The fourth-order valence-electron chi connectivity index (χ4n) is 3.98. The van der Waals surface area contributed by atoms with E-state index in [0.29, 0.717) is 5.88 Å². The van der Waals surface area contributed by atoms with Crippen molar-refractivity contribution in [2.45, 2.75) is 96.8 Å². The fourth-order valence-corrected chi connectivity index (χ4v) is 3.98. The van der Waals surface area contributed by atoms with Crippen LogP contribution in [0.2, 0.25) is 0 Å². The molecule has 5 heteroatoms. The van der Waals surface area contributed by atoms with E-state index in [1.54, 1.807) is 0 Å². The Labute approximate surface area is 200 Å². The predicted octanol–water partition coefficient (Wildman–Crippen LogP) is 7.20. The Morgan fingerprint density at radius 1 is 0.788 bits per heavy atom. The number of aryl methyl sites for hydroxylation is 1. The van der Waals surface area contributed by atoms with Crippen LogP contribution in [0.4, 0.5) is 0 Å². The summed E-state index contributed by atoms with van der Waals surface area (Å²) in [6.45, 7) is 4.72. The van der Waals surface area contributed by atoms with E-state index < -0.39 is 0 Å². The van der Waals surface area contributed by atoms with Gasteiger partial charge in [-0.3, -0.25) is 0 Å². The first-order valence-corrected chi connectivity index (χ1v) is 13.3. The Balaban J connectivity index is 1.25. The molecule has 0 spiro atoms. The summed E-state index contributed by atoms with van der Waals surface area (Å²) in [6, 6.07) is 8.05. The second kappa shape index (κ2) is 15.8. The Bertz CT molecular complexity index is 745. The highest BCUT2D eigenvalue weighted by molar-refractivity contribution is 5.57. The van der Waals surface area contributed by atoms with Crippen LogP contribution < -0.4 is 4.74 Å². The number of pyridine rings is 1. The molecule has 2 aromatic rings. The second-order valence-corrected chi connectivity index (χ2v) is 9.42. The number of ether oxygens (including phenoxy) is 2. The van der Waals surface area contributed by atoms with Crippen LogP contribution in [0.1, 0.15) is 96.1 Å². The lowest BCUT2D eigenvalue weighted by Gasteiger charge is -2.07. The van der Waals surface area contributed by atoms with Crippen LogP contribution in [0, 0.1) is 5.92 Å². The topological polar surface area (TPSA) is 57.1 Å². The summed E-state index contributed by atoms with van der Waals surface area (Å²) in [4.78, 5) is 4.44. The summed E-state index contributed by atoms with van der Waals surface area (Å²) >= 11 is 0. The minimum Gasteiger partial charge on any atom is -0.478 e. The van der Waals surface area contributed by atoms with Gasteiger partial charge in [-0.1, -0.05) is 64.7 Å². The van der Waals surface area contributed by atoms with Crippen LogP contribution in [0.3, 0.4) is 0 Å². The molecule has 3 rings (SSSR count). The molecule has 0 saturated heterocycles. The lowest BCUT2D eigenvalue weighted by atomic mass is 10.1. The zero-order valence-corrected chi connectivity index (χ0v) is 20.6. The van der Waals surface area contributed by atoms with Crippen LogP contribution in [0.15, 0.2) is 30.5 Å². The number of aromatic nitrogens is 3. The molecule has 1 aliphatic carbocycles. The van der Waals surface area contributed by atoms with E-state index in [0.717, 1.165) is 68.4 Å². The summed E-state index contributed by atoms with van der Waals surface area (Å²) in [7, 11) is 0. The minimum atomic E-state index is 0.689. The largest absolute Gasteiger partial charge is 0.478 e. The van der Waals surface area contributed by atoms with Gasteiger partial charge in [0.15, 0.2) is 0 Å². The lowest BCUT2D eigenvalue weighted by molar-refractivity contribution is 0.126. The van der Waals surface area contributed by atoms with Crippen LogP contribution in [-0.2, 0) is 11.2 Å². The molecule has 182 valence electrons. The SMILES string of the molecule is CCCCCCOCCCCc1ccc(-c2ccc(OCCCCCCC3CC3)nc2)nn1. The molecule has 5 nitrogen and oxygen atoms in total. The van der Waals surface area contributed by atoms with Crippen LogP contribution in [0.25, 0.3) is 11.3 Å². The number of hydrogen-bond donors (Lipinski definition) is 0. The van der Waals surface area contributed by atoms with Gasteiger partial charge in [0.1, 0.15) is 0 Å². The standard InChI is InChI=1S/C28H43N3O2/c1-2-3-4-9-20-32-21-11-8-13-26-17-18-27(31-30-26)25-16-19-28(29-23-25)33-22-10-6-5-7-12-24-14-15-24/h16-19,23-24H,2-15,20-22H2,1H3. The van der Waals surface area contributed by atoms with E-state index in [1.807, 2.05) is 24.4 Å². The summed E-state index contributed by atoms with van der Waals surface area (Å²) in [5.74, 6) is 1.74. The van der Waals surface area contributed by atoms with E-state index in [1.165, 1.54) is 64.2 Å². The zero-order valence-electron chi connectivity index (χ0n) is 20.6. The molecule has 0 aromatic carbocycles. The van der Waals surface area contributed by atoms with Crippen LogP contribution in [0.5, 0.6) is 5.88 Å². The van der Waals surface area contributed by atoms with Crippen molar-refractivity contribution in [2.24, 2.45) is 5.92 Å². The minimum absolute atomic E-state index is 0.689. The van der Waals surface area contributed by atoms with Gasteiger partial charge >= 0.3 is 0 Å². The average molecular weight is 454 g/mol. The van der Waals surface area contributed by atoms with E-state index >= 15 is 0 Å². The van der Waals surface area contributed by atoms with E-state index in [2.05, 4.69) is 28.2 Å². The van der Waals surface area contributed by atoms with Gasteiger partial charge in [-0.2, -0.15) is 10.2 Å². The summed E-state index contributed by atoms with van der Waals surface area (Å²) in [5.41, 5.74) is 2.86. The maximum absolute atomic E-state index is 5.80. The molecular formula is C28H43N3O2. The third kappa shape index (κ3) is 11.1. The maximum Gasteiger partial charge on any atom is 0.213 e. The summed E-state index contributed by atoms with van der Waals surface area (Å²) < 4.78 is 11.5. The van der Waals surface area contributed by atoms with Crippen molar-refractivity contribution in [3.05, 3.63) is 36.2 Å². The molecule has 2 aromatic heterocycles. The smallest absolute Gasteiger partial charge is 0.213 e. The summed E-state index contributed by atoms with van der Waals surface area (Å²) in [5, 5.41) is 8.79. The van der Waals surface area contributed by atoms with Crippen LogP contribution >= 0.6 is 0 Å². The van der Waals surface area contributed by atoms with Gasteiger partial charge in [0.2, 0.25) is 5.88 Å². The second-order valence-electron chi connectivity index (χ2n) is 9.42. The zero-order chi connectivity index (χ0) is 23.0. The van der Waals surface area contributed by atoms with E-state index in [-0.39, 0.29) is 0 Å². The third-order valence-corrected chi connectivity index (χ3v) is 6.32. The molecule has 0 N–H and O–H groups in total. The van der Waals surface area contributed by atoms with Crippen molar-refractivity contribution in [1.82, 2.24) is 15.2 Å². The first kappa shape index (κ1) is 25.6. The molecule has 0 unspecified atom stereocenters. The van der Waals surface area contributed by atoms with Gasteiger partial charge in [0.25, 0.3) is 0 Å². The molecule has 0 radical (unpaired) electrons. The van der Waals surface area contributed by atoms with E-state index in [4.69, 9.17) is 9.47 Å². The van der Waals surface area contributed by atoms with Crippen molar-refractivity contribution in [1.29, 1.82) is 0 Å². The molecule has 0 bridgehead atoms. The fraction of sp³-hybridized carbons (Fsp3) is 0.679. The van der Waals surface area contributed by atoms with E-state index in [9.17, 15) is 0 Å². The van der Waals surface area contributed by atoms with Crippen molar-refractivity contribution in [3.63, 3.8) is 0 Å². The van der Waals surface area contributed by atoms with Crippen molar-refractivity contribution < 1.29 is 9.47 Å². The molecule has 1 fully saturated rings. The Morgan fingerprint density at radius 3 is 2.30 bits per heavy atom. The number of hydrogen-bond acceptors (Lipinski definition) is 5. The predicted molar refractivity (Wildman–Crippen MR) is 134 cm³/mol. The first-order valence-electron chi connectivity index (χ1n) is 13.3. The van der Waals surface area contributed by atoms with Gasteiger partial charge in [-0.15, -0.1) is 0 Å². The van der Waals surface area contributed by atoms with Crippen molar-refractivity contribution >= 4 is 0 Å². The van der Waals surface area contributed by atoms with Gasteiger partial charge in [-0.05, 0) is 56.2 Å². The monoisotopic (exact) mass is 453 g/mol. The Morgan fingerprint density at radius 2 is 1.58 bits per heavy atom. The quantitative estimate of drug-likeness (QED) is 0.211. The van der Waals surface area contributed by atoms with Crippen LogP contribution in [-0.4, -0.2) is 35.0 Å². The molecule has 0 aliphatic heterocycles. The Kier molecular flexibility index (Phi) is 12.2. The van der Waals surface area contributed by atoms with Crippen molar-refractivity contribution in [3.8, 4) is 17.1 Å². The normalized spacial score (nSPS) is 13.4. The highest BCUT2D eigenvalue weighted by Crippen LogP contribution is 2.34. The molecular weight excluding hydrogens is 410 g/mol. The highest BCUT2D eigenvalue weighted by atomic mass is 16.5. The molecule has 1 saturated carbocycles. The Hall–Kier alpha value is -2.01. The van der Waals surface area contributed by atoms with Gasteiger partial charge in [0.05, 0.1) is 18.0 Å². The molecule has 0 atom stereocenters. The molecule has 1 aliphatic rings. The maximum atomic E-state index is 5.80. The summed E-state index contributed by atoms with van der Waals surface area (Å²) in [6.07, 6.45) is 19.4. The first-order chi connectivity index (χ1) is 16.3. The number of nitrogens with zero attached hydrogens (tertiary/aromatic N) is 3. The van der Waals surface area contributed by atoms with Crippen molar-refractivity contribution in [2.75, 3.05) is 19.8 Å². The number of unbranched alkanes of at least 4 members (excludes halogenated alkanes) is 7. The average Bonchev–Trinajstić information content (AvgIpc) is 3.68. The molecule has 33 heavy (non-hydrogen) atoms. The highest BCUT2D eigenvalue weighted by Gasteiger charge is 2.19.